The van der Waals surface area contributed by atoms with Gasteiger partial charge in [0.25, 0.3) is 0 Å². The minimum atomic E-state index is 0.459. The van der Waals surface area contributed by atoms with Crippen LogP contribution in [0, 0.1) is 0 Å². The maximum atomic E-state index is 6.14. The van der Waals surface area contributed by atoms with E-state index in [-0.39, 0.29) is 0 Å². The lowest BCUT2D eigenvalue weighted by molar-refractivity contribution is 0.276. The minimum Gasteiger partial charge on any atom is -0.490 e. The second-order valence-electron chi connectivity index (χ2n) is 4.59. The first-order valence-corrected chi connectivity index (χ1v) is 7.64. The zero-order valence-electron chi connectivity index (χ0n) is 10.4. The molecule has 2 aromatic heterocycles. The Morgan fingerprint density at radius 3 is 3.21 bits per heavy atom. The summed E-state index contributed by atoms with van der Waals surface area (Å²) in [6, 6.07) is 6.47. The van der Waals surface area contributed by atoms with Gasteiger partial charge in [0.15, 0.2) is 0 Å². The van der Waals surface area contributed by atoms with Crippen LogP contribution in [0.5, 0.6) is 5.75 Å². The highest BCUT2D eigenvalue weighted by Crippen LogP contribution is 2.32. The van der Waals surface area contributed by atoms with Crippen molar-refractivity contribution in [2.75, 3.05) is 13.2 Å². The van der Waals surface area contributed by atoms with Crippen molar-refractivity contribution in [3.63, 3.8) is 0 Å². The summed E-state index contributed by atoms with van der Waals surface area (Å²) in [5, 5.41) is 5.96. The fourth-order valence-corrected chi connectivity index (χ4v) is 3.21. The van der Waals surface area contributed by atoms with Crippen LogP contribution in [0.2, 0.25) is 5.15 Å². The highest BCUT2D eigenvalue weighted by atomic mass is 35.5. The van der Waals surface area contributed by atoms with Gasteiger partial charge in [0.05, 0.1) is 6.20 Å². The maximum absolute atomic E-state index is 6.14. The molecule has 3 rings (SSSR count). The summed E-state index contributed by atoms with van der Waals surface area (Å²) in [5.74, 6) is 0.779. The molecule has 19 heavy (non-hydrogen) atoms. The molecule has 1 atom stereocenters. The average molecular weight is 295 g/mol. The third-order valence-corrected chi connectivity index (χ3v) is 4.42. The number of nitrogens with one attached hydrogen (secondary N) is 1. The minimum absolute atomic E-state index is 0.459. The van der Waals surface area contributed by atoms with Crippen LogP contribution in [0.3, 0.4) is 0 Å². The number of pyridine rings is 1. The lowest BCUT2D eigenvalue weighted by atomic mass is 10.2. The number of aromatic nitrogens is 1. The molecule has 0 saturated carbocycles. The Kier molecular flexibility index (Phi) is 4.01. The SMILES string of the molecule is Clc1ncc(OC[C@H]2CCCN2)cc1-c1cccs1. The van der Waals surface area contributed by atoms with Gasteiger partial charge >= 0.3 is 0 Å². The Morgan fingerprint density at radius 2 is 2.47 bits per heavy atom. The third kappa shape index (κ3) is 3.08. The van der Waals surface area contributed by atoms with Gasteiger partial charge in [-0.2, -0.15) is 0 Å². The lowest BCUT2D eigenvalue weighted by Crippen LogP contribution is -2.28. The molecule has 0 amide bonds. The molecular formula is C14H15ClN2OS. The molecule has 1 N–H and O–H groups in total. The summed E-state index contributed by atoms with van der Waals surface area (Å²) in [6.07, 6.45) is 4.10. The first-order chi connectivity index (χ1) is 9.33. The van der Waals surface area contributed by atoms with Crippen molar-refractivity contribution >= 4 is 22.9 Å². The molecule has 1 saturated heterocycles. The summed E-state index contributed by atoms with van der Waals surface area (Å²) in [6.45, 7) is 1.78. The molecule has 5 heteroatoms. The van der Waals surface area contributed by atoms with E-state index >= 15 is 0 Å². The second kappa shape index (κ2) is 5.90. The summed E-state index contributed by atoms with van der Waals surface area (Å²) < 4.78 is 5.80. The van der Waals surface area contributed by atoms with Gasteiger partial charge in [-0.25, -0.2) is 4.98 Å². The van der Waals surface area contributed by atoms with Crippen LogP contribution in [0.4, 0.5) is 0 Å². The Labute approximate surface area is 121 Å². The van der Waals surface area contributed by atoms with E-state index < -0.39 is 0 Å². The normalized spacial score (nSPS) is 18.7. The van der Waals surface area contributed by atoms with E-state index in [9.17, 15) is 0 Å². The van der Waals surface area contributed by atoms with E-state index in [1.54, 1.807) is 17.5 Å². The van der Waals surface area contributed by atoms with Crippen molar-refractivity contribution in [3.05, 3.63) is 34.9 Å². The monoisotopic (exact) mass is 294 g/mol. The Hall–Kier alpha value is -1.10. The number of halogens is 1. The molecular weight excluding hydrogens is 280 g/mol. The molecule has 0 radical (unpaired) electrons. The van der Waals surface area contributed by atoms with Crippen molar-refractivity contribution in [2.24, 2.45) is 0 Å². The first kappa shape index (κ1) is 12.9. The predicted molar refractivity (Wildman–Crippen MR) is 79.1 cm³/mol. The van der Waals surface area contributed by atoms with E-state index in [2.05, 4.69) is 10.3 Å². The van der Waals surface area contributed by atoms with Gasteiger partial charge in [-0.15, -0.1) is 11.3 Å². The number of ether oxygens (including phenoxy) is 1. The molecule has 0 unspecified atom stereocenters. The fourth-order valence-electron chi connectivity index (χ4n) is 2.21. The molecule has 1 aliphatic heterocycles. The zero-order valence-corrected chi connectivity index (χ0v) is 12.0. The number of rotatable bonds is 4. The molecule has 3 nitrogen and oxygen atoms in total. The summed E-state index contributed by atoms with van der Waals surface area (Å²) in [7, 11) is 0. The molecule has 3 heterocycles. The van der Waals surface area contributed by atoms with Crippen LogP contribution in [-0.2, 0) is 0 Å². The standard InChI is InChI=1S/C14H15ClN2OS/c15-14-12(13-4-2-6-19-13)7-11(8-17-14)18-9-10-3-1-5-16-10/h2,4,6-8,10,16H,1,3,5,9H2/t10-/m1/s1. The molecule has 2 aromatic rings. The van der Waals surface area contributed by atoms with Crippen LogP contribution in [-0.4, -0.2) is 24.2 Å². The van der Waals surface area contributed by atoms with Crippen molar-refractivity contribution in [1.82, 2.24) is 10.3 Å². The molecule has 0 bridgehead atoms. The van der Waals surface area contributed by atoms with Crippen molar-refractivity contribution in [1.29, 1.82) is 0 Å². The molecule has 0 aromatic carbocycles. The maximum Gasteiger partial charge on any atom is 0.138 e. The van der Waals surface area contributed by atoms with Gasteiger partial charge in [0.2, 0.25) is 0 Å². The smallest absolute Gasteiger partial charge is 0.138 e. The van der Waals surface area contributed by atoms with Gasteiger partial charge in [-0.3, -0.25) is 0 Å². The average Bonchev–Trinajstić information content (AvgIpc) is 3.11. The quantitative estimate of drug-likeness (QED) is 0.875. The highest BCUT2D eigenvalue weighted by molar-refractivity contribution is 7.13. The molecule has 100 valence electrons. The van der Waals surface area contributed by atoms with Gasteiger partial charge in [-0.1, -0.05) is 17.7 Å². The van der Waals surface area contributed by atoms with Gasteiger partial charge < -0.3 is 10.1 Å². The van der Waals surface area contributed by atoms with E-state index in [1.807, 2.05) is 23.6 Å². The van der Waals surface area contributed by atoms with E-state index in [0.29, 0.717) is 17.8 Å². The number of thiophene rings is 1. The van der Waals surface area contributed by atoms with Gasteiger partial charge in [-0.05, 0) is 36.9 Å². The lowest BCUT2D eigenvalue weighted by Gasteiger charge is -2.12. The Morgan fingerprint density at radius 1 is 1.53 bits per heavy atom. The van der Waals surface area contributed by atoms with E-state index in [1.165, 1.54) is 12.8 Å². The summed E-state index contributed by atoms with van der Waals surface area (Å²) in [5.41, 5.74) is 0.938. The predicted octanol–water partition coefficient (Wildman–Crippen LogP) is 3.59. The molecule has 1 aliphatic rings. The second-order valence-corrected chi connectivity index (χ2v) is 5.90. The number of hydrogen-bond acceptors (Lipinski definition) is 4. The van der Waals surface area contributed by atoms with Crippen LogP contribution < -0.4 is 10.1 Å². The van der Waals surface area contributed by atoms with Crippen molar-refractivity contribution < 1.29 is 4.74 Å². The zero-order chi connectivity index (χ0) is 13.1. The summed E-state index contributed by atoms with van der Waals surface area (Å²) in [4.78, 5) is 5.32. The van der Waals surface area contributed by atoms with Gasteiger partial charge in [0, 0.05) is 16.5 Å². The van der Waals surface area contributed by atoms with Crippen molar-refractivity contribution in [2.45, 2.75) is 18.9 Å². The largest absolute Gasteiger partial charge is 0.490 e. The van der Waals surface area contributed by atoms with E-state index in [4.69, 9.17) is 16.3 Å². The number of nitrogens with zero attached hydrogens (tertiary/aromatic N) is 1. The molecule has 1 fully saturated rings. The van der Waals surface area contributed by atoms with Crippen LogP contribution in [0.25, 0.3) is 10.4 Å². The number of hydrogen-bond donors (Lipinski definition) is 1. The topological polar surface area (TPSA) is 34.1 Å². The van der Waals surface area contributed by atoms with Crippen molar-refractivity contribution in [3.8, 4) is 16.2 Å². The van der Waals surface area contributed by atoms with E-state index in [0.717, 1.165) is 22.7 Å². The van der Waals surface area contributed by atoms with Crippen LogP contribution >= 0.6 is 22.9 Å². The fraction of sp³-hybridized carbons (Fsp3) is 0.357. The molecule has 0 spiro atoms. The molecule has 0 aliphatic carbocycles. The Balaban J connectivity index is 1.73. The third-order valence-electron chi connectivity index (χ3n) is 3.21. The highest BCUT2D eigenvalue weighted by Gasteiger charge is 2.15. The Bertz CT molecular complexity index is 538. The van der Waals surface area contributed by atoms with Crippen LogP contribution in [0.1, 0.15) is 12.8 Å². The van der Waals surface area contributed by atoms with Crippen LogP contribution in [0.15, 0.2) is 29.8 Å². The summed E-state index contributed by atoms with van der Waals surface area (Å²) >= 11 is 7.79. The first-order valence-electron chi connectivity index (χ1n) is 6.38. The van der Waals surface area contributed by atoms with Gasteiger partial charge in [0.1, 0.15) is 17.5 Å².